The summed E-state index contributed by atoms with van der Waals surface area (Å²) in [4.78, 5) is 12.4. The van der Waals surface area contributed by atoms with Gasteiger partial charge in [0.1, 0.15) is 10.8 Å². The van der Waals surface area contributed by atoms with Crippen LogP contribution in [0.5, 0.6) is 5.75 Å². The van der Waals surface area contributed by atoms with Crippen molar-refractivity contribution in [2.75, 3.05) is 25.5 Å². The Bertz CT molecular complexity index is 1270. The lowest BCUT2D eigenvalue weighted by molar-refractivity contribution is 0.328. The molecule has 4 aromatic rings. The minimum absolute atomic E-state index is 0.346. The van der Waals surface area contributed by atoms with Crippen LogP contribution in [0.3, 0.4) is 0 Å². The van der Waals surface area contributed by atoms with Crippen molar-refractivity contribution >= 4 is 44.5 Å². The molecule has 1 N–H and O–H groups in total. The van der Waals surface area contributed by atoms with Gasteiger partial charge in [0.2, 0.25) is 0 Å². The van der Waals surface area contributed by atoms with Gasteiger partial charge in [0.25, 0.3) is 0 Å². The fraction of sp³-hybridized carbons (Fsp3) is 0.259. The standard InChI is InChI=1S/C27H27BrN4OS/c1-33-25-12-11-21(28)15-20(25)18-34-27-26(30-23-9-5-6-10-24(23)31-27)29-22-13-14-32(17-22)16-19-7-3-2-4-8-19/h2-12,15,22H,13-14,16-18H2,1H3,(H,29,30)/t22-/m1/s1. The highest BCUT2D eigenvalue weighted by Crippen LogP contribution is 2.34. The highest BCUT2D eigenvalue weighted by Gasteiger charge is 2.24. The number of anilines is 1. The van der Waals surface area contributed by atoms with Crippen LogP contribution in [0, 0.1) is 0 Å². The topological polar surface area (TPSA) is 50.3 Å². The van der Waals surface area contributed by atoms with E-state index in [1.807, 2.05) is 36.4 Å². The number of rotatable bonds is 8. The number of methoxy groups -OCH3 is 1. The van der Waals surface area contributed by atoms with Gasteiger partial charge in [0.05, 0.1) is 18.1 Å². The van der Waals surface area contributed by atoms with E-state index in [4.69, 9.17) is 14.7 Å². The SMILES string of the molecule is COc1ccc(Br)cc1CSc1nc2ccccc2nc1N[C@@H]1CCN(Cc2ccccc2)C1. The molecule has 1 aliphatic heterocycles. The Morgan fingerprint density at radius 1 is 1.03 bits per heavy atom. The molecule has 1 fully saturated rings. The number of benzene rings is 3. The minimum Gasteiger partial charge on any atom is -0.496 e. The van der Waals surface area contributed by atoms with Gasteiger partial charge < -0.3 is 10.1 Å². The van der Waals surface area contributed by atoms with Crippen LogP contribution in [-0.2, 0) is 12.3 Å². The van der Waals surface area contributed by atoms with E-state index >= 15 is 0 Å². The summed E-state index contributed by atoms with van der Waals surface area (Å²) in [6, 6.07) is 25.2. The first-order valence-electron chi connectivity index (χ1n) is 11.4. The average Bonchev–Trinajstić information content (AvgIpc) is 3.30. The predicted octanol–water partition coefficient (Wildman–Crippen LogP) is 6.38. The number of aromatic nitrogens is 2. The smallest absolute Gasteiger partial charge is 0.159 e. The number of hydrogen-bond acceptors (Lipinski definition) is 6. The predicted molar refractivity (Wildman–Crippen MR) is 144 cm³/mol. The van der Waals surface area contributed by atoms with Gasteiger partial charge in [0, 0.05) is 41.5 Å². The van der Waals surface area contributed by atoms with E-state index in [0.717, 1.165) is 69.5 Å². The number of hydrogen-bond donors (Lipinski definition) is 1. The molecule has 1 saturated heterocycles. The lowest BCUT2D eigenvalue weighted by Crippen LogP contribution is -2.26. The largest absolute Gasteiger partial charge is 0.496 e. The number of halogens is 1. The zero-order valence-corrected chi connectivity index (χ0v) is 21.5. The Kier molecular flexibility index (Phi) is 7.33. The molecule has 1 aromatic heterocycles. The summed E-state index contributed by atoms with van der Waals surface area (Å²) in [6.45, 7) is 3.05. The summed E-state index contributed by atoms with van der Waals surface area (Å²) >= 11 is 5.27. The second-order valence-electron chi connectivity index (χ2n) is 8.46. The molecular weight excluding hydrogens is 508 g/mol. The van der Waals surface area contributed by atoms with Crippen LogP contribution in [0.2, 0.25) is 0 Å². The molecule has 3 aromatic carbocycles. The van der Waals surface area contributed by atoms with E-state index in [9.17, 15) is 0 Å². The van der Waals surface area contributed by atoms with E-state index in [-0.39, 0.29) is 0 Å². The summed E-state index contributed by atoms with van der Waals surface area (Å²) in [5, 5.41) is 4.64. The zero-order valence-electron chi connectivity index (χ0n) is 19.1. The first kappa shape index (κ1) is 23.1. The Hall–Kier alpha value is -2.61. The third-order valence-electron chi connectivity index (χ3n) is 6.01. The fourth-order valence-corrected chi connectivity index (χ4v) is 5.64. The molecule has 0 bridgehead atoms. The van der Waals surface area contributed by atoms with Crippen LogP contribution in [-0.4, -0.2) is 41.1 Å². The summed E-state index contributed by atoms with van der Waals surface area (Å²) in [5.74, 6) is 2.49. The molecule has 34 heavy (non-hydrogen) atoms. The maximum absolute atomic E-state index is 5.57. The number of para-hydroxylation sites is 2. The highest BCUT2D eigenvalue weighted by molar-refractivity contribution is 9.10. The van der Waals surface area contributed by atoms with Gasteiger partial charge in [0.15, 0.2) is 5.82 Å². The van der Waals surface area contributed by atoms with Crippen LogP contribution >= 0.6 is 27.7 Å². The van der Waals surface area contributed by atoms with Crippen molar-refractivity contribution in [3.05, 3.63) is 88.4 Å². The Labute approximate surface area is 213 Å². The molecule has 0 unspecified atom stereocenters. The normalized spacial score (nSPS) is 16.1. The molecular formula is C27H27BrN4OS. The highest BCUT2D eigenvalue weighted by atomic mass is 79.9. The van der Waals surface area contributed by atoms with Gasteiger partial charge in [-0.3, -0.25) is 4.90 Å². The number of ether oxygens (including phenoxy) is 1. The minimum atomic E-state index is 0.346. The first-order valence-corrected chi connectivity index (χ1v) is 13.2. The molecule has 1 aliphatic rings. The van der Waals surface area contributed by atoms with Gasteiger partial charge in [-0.05, 0) is 42.3 Å². The molecule has 7 heteroatoms. The summed E-state index contributed by atoms with van der Waals surface area (Å²) in [5.41, 5.74) is 4.30. The molecule has 1 atom stereocenters. The van der Waals surface area contributed by atoms with E-state index in [1.165, 1.54) is 5.56 Å². The van der Waals surface area contributed by atoms with Gasteiger partial charge in [-0.2, -0.15) is 0 Å². The summed E-state index contributed by atoms with van der Waals surface area (Å²) < 4.78 is 6.60. The van der Waals surface area contributed by atoms with Crippen molar-refractivity contribution in [2.24, 2.45) is 0 Å². The quantitative estimate of drug-likeness (QED) is 0.264. The summed E-state index contributed by atoms with van der Waals surface area (Å²) in [7, 11) is 1.71. The van der Waals surface area contributed by atoms with Crippen molar-refractivity contribution in [3.63, 3.8) is 0 Å². The number of thioether (sulfide) groups is 1. The monoisotopic (exact) mass is 534 g/mol. The third-order valence-corrected chi connectivity index (χ3v) is 7.51. The molecule has 5 nitrogen and oxygen atoms in total. The van der Waals surface area contributed by atoms with E-state index in [0.29, 0.717) is 6.04 Å². The van der Waals surface area contributed by atoms with Crippen LogP contribution < -0.4 is 10.1 Å². The maximum atomic E-state index is 5.57. The number of nitrogens with zero attached hydrogens (tertiary/aromatic N) is 3. The van der Waals surface area contributed by atoms with E-state index in [2.05, 4.69) is 62.5 Å². The molecule has 2 heterocycles. The van der Waals surface area contributed by atoms with Crippen LogP contribution in [0.4, 0.5) is 5.82 Å². The summed E-state index contributed by atoms with van der Waals surface area (Å²) in [6.07, 6.45) is 1.09. The number of fused-ring (bicyclic) bond motifs is 1. The molecule has 174 valence electrons. The van der Waals surface area contributed by atoms with Gasteiger partial charge in [-0.25, -0.2) is 9.97 Å². The van der Waals surface area contributed by atoms with Crippen LogP contribution in [0.25, 0.3) is 11.0 Å². The molecule has 0 radical (unpaired) electrons. The van der Waals surface area contributed by atoms with Crippen LogP contribution in [0.1, 0.15) is 17.5 Å². The molecule has 5 rings (SSSR count). The molecule has 0 aliphatic carbocycles. The van der Waals surface area contributed by atoms with Gasteiger partial charge in [-0.15, -0.1) is 0 Å². The third kappa shape index (κ3) is 5.54. The van der Waals surface area contributed by atoms with Crippen LogP contribution in [0.15, 0.2) is 82.3 Å². The fourth-order valence-electron chi connectivity index (χ4n) is 4.31. The average molecular weight is 536 g/mol. The maximum Gasteiger partial charge on any atom is 0.159 e. The van der Waals surface area contributed by atoms with Crippen molar-refractivity contribution in [1.82, 2.24) is 14.9 Å². The van der Waals surface area contributed by atoms with Crippen molar-refractivity contribution in [2.45, 2.75) is 29.8 Å². The second-order valence-corrected chi connectivity index (χ2v) is 10.3. The number of likely N-dealkylation sites (tertiary alicyclic amines) is 1. The number of nitrogens with one attached hydrogen (secondary N) is 1. The van der Waals surface area contributed by atoms with Gasteiger partial charge >= 0.3 is 0 Å². The van der Waals surface area contributed by atoms with Crippen molar-refractivity contribution in [1.29, 1.82) is 0 Å². The van der Waals surface area contributed by atoms with Gasteiger partial charge in [-0.1, -0.05) is 70.2 Å². The van der Waals surface area contributed by atoms with Crippen molar-refractivity contribution < 1.29 is 4.74 Å². The Morgan fingerprint density at radius 2 is 1.79 bits per heavy atom. The first-order chi connectivity index (χ1) is 16.7. The lowest BCUT2D eigenvalue weighted by atomic mass is 10.2. The Balaban J connectivity index is 1.34. The Morgan fingerprint density at radius 3 is 2.59 bits per heavy atom. The zero-order chi connectivity index (χ0) is 23.3. The van der Waals surface area contributed by atoms with Crippen molar-refractivity contribution in [3.8, 4) is 5.75 Å². The van der Waals surface area contributed by atoms with E-state index in [1.54, 1.807) is 18.9 Å². The molecule has 0 spiro atoms. The van der Waals surface area contributed by atoms with E-state index < -0.39 is 0 Å². The molecule has 0 saturated carbocycles. The lowest BCUT2D eigenvalue weighted by Gasteiger charge is -2.18. The second kappa shape index (κ2) is 10.8. The molecule has 0 amide bonds.